The summed E-state index contributed by atoms with van der Waals surface area (Å²) in [6, 6.07) is 7.32. The Morgan fingerprint density at radius 1 is 1.27 bits per heavy atom. The van der Waals surface area contributed by atoms with Crippen LogP contribution in [0.1, 0.15) is 64.9 Å². The lowest BCUT2D eigenvalue weighted by molar-refractivity contribution is -0.135. The van der Waals surface area contributed by atoms with E-state index in [-0.39, 0.29) is 24.2 Å². The number of benzene rings is 1. The molecule has 7 nitrogen and oxygen atoms in total. The predicted octanol–water partition coefficient (Wildman–Crippen LogP) is 4.33. The number of ether oxygens (including phenoxy) is 2. The molecule has 186 valence electrons. The zero-order chi connectivity index (χ0) is 24.4. The molecule has 0 spiro atoms. The maximum absolute atomic E-state index is 12.7. The topological polar surface area (TPSA) is 88.1 Å². The second-order valence-corrected chi connectivity index (χ2v) is 9.93. The van der Waals surface area contributed by atoms with Crippen molar-refractivity contribution in [3.63, 3.8) is 0 Å². The maximum atomic E-state index is 12.7. The van der Waals surface area contributed by atoms with Crippen LogP contribution in [0, 0.1) is 17.8 Å². The number of hydrogen-bond acceptors (Lipinski definition) is 6. The lowest BCUT2D eigenvalue weighted by atomic mass is 9.71. The Balaban J connectivity index is 2.06. The first-order valence-corrected chi connectivity index (χ1v) is 12.2. The highest BCUT2D eigenvalue weighted by Gasteiger charge is 2.40. The SMILES string of the molecule is CCOC(=O)NCC(CC(=O)Oc1cccc([C@@]2(O)CCCC[C@@H]2CN(C)C)c1)CC(C)C. The molecule has 7 heteroatoms. The van der Waals surface area contributed by atoms with Crippen LogP contribution in [0.2, 0.25) is 0 Å². The molecular weight excluding hydrogens is 420 g/mol. The third kappa shape index (κ3) is 8.63. The van der Waals surface area contributed by atoms with E-state index in [4.69, 9.17) is 9.47 Å². The third-order valence-corrected chi connectivity index (χ3v) is 6.26. The normalized spacial score (nSPS) is 21.6. The standard InChI is InChI=1S/C26H42N2O5/c1-6-32-25(30)27-17-20(14-19(2)3)15-24(29)33-23-12-9-11-21(16-23)26(31)13-8-7-10-22(26)18-28(4)5/h9,11-12,16,19-20,22,31H,6-8,10,13-15,17-18H2,1-5H3,(H,27,30)/t20?,22-,26+/m1/s1. The van der Waals surface area contributed by atoms with Crippen LogP contribution < -0.4 is 10.1 Å². The molecule has 33 heavy (non-hydrogen) atoms. The Morgan fingerprint density at radius 3 is 2.70 bits per heavy atom. The number of hydrogen-bond donors (Lipinski definition) is 2. The van der Waals surface area contributed by atoms with Gasteiger partial charge in [-0.05, 0) is 69.8 Å². The first-order valence-electron chi connectivity index (χ1n) is 12.2. The van der Waals surface area contributed by atoms with E-state index < -0.39 is 11.7 Å². The summed E-state index contributed by atoms with van der Waals surface area (Å²) in [5.41, 5.74) is -0.114. The molecule has 0 aliphatic heterocycles. The van der Waals surface area contributed by atoms with Crippen molar-refractivity contribution in [2.24, 2.45) is 17.8 Å². The number of carbonyl (C=O) groups excluding carboxylic acids is 2. The average molecular weight is 463 g/mol. The number of rotatable bonds is 11. The average Bonchev–Trinajstić information content (AvgIpc) is 2.73. The van der Waals surface area contributed by atoms with Crippen molar-refractivity contribution in [2.75, 3.05) is 33.8 Å². The minimum Gasteiger partial charge on any atom is -0.450 e. The summed E-state index contributed by atoms with van der Waals surface area (Å²) in [5.74, 6) is 0.573. The van der Waals surface area contributed by atoms with Gasteiger partial charge < -0.3 is 24.8 Å². The lowest BCUT2D eigenvalue weighted by Crippen LogP contribution is -2.43. The molecule has 1 aliphatic carbocycles. The molecule has 1 saturated carbocycles. The molecule has 1 aromatic carbocycles. The van der Waals surface area contributed by atoms with Crippen LogP contribution in [0.3, 0.4) is 0 Å². The molecular formula is C26H42N2O5. The minimum absolute atomic E-state index is 0.0444. The quantitative estimate of drug-likeness (QED) is 0.376. The Kier molecular flexibility index (Phi) is 10.6. The number of nitrogens with zero attached hydrogens (tertiary/aromatic N) is 1. The van der Waals surface area contributed by atoms with Crippen molar-refractivity contribution < 1.29 is 24.2 Å². The van der Waals surface area contributed by atoms with Gasteiger partial charge in [-0.3, -0.25) is 4.79 Å². The van der Waals surface area contributed by atoms with Crippen molar-refractivity contribution >= 4 is 12.1 Å². The van der Waals surface area contributed by atoms with Gasteiger partial charge in [-0.25, -0.2) is 4.79 Å². The van der Waals surface area contributed by atoms with Crippen LogP contribution in [0.4, 0.5) is 4.79 Å². The molecule has 2 N–H and O–H groups in total. The van der Waals surface area contributed by atoms with Gasteiger partial charge in [0.15, 0.2) is 0 Å². The number of carbonyl (C=O) groups is 2. The zero-order valence-corrected chi connectivity index (χ0v) is 20.9. The second-order valence-electron chi connectivity index (χ2n) is 9.93. The van der Waals surface area contributed by atoms with E-state index in [0.717, 1.165) is 37.8 Å². The van der Waals surface area contributed by atoms with Crippen LogP contribution in [0.25, 0.3) is 0 Å². The summed E-state index contributed by atoms with van der Waals surface area (Å²) in [5, 5.41) is 14.3. The smallest absolute Gasteiger partial charge is 0.407 e. The van der Waals surface area contributed by atoms with Gasteiger partial charge in [0.2, 0.25) is 0 Å². The Hall–Kier alpha value is -2.12. The highest BCUT2D eigenvalue weighted by molar-refractivity contribution is 5.73. The highest BCUT2D eigenvalue weighted by Crippen LogP contribution is 2.42. The van der Waals surface area contributed by atoms with Gasteiger partial charge in [-0.15, -0.1) is 0 Å². The fourth-order valence-corrected chi connectivity index (χ4v) is 4.84. The minimum atomic E-state index is -0.922. The monoisotopic (exact) mass is 462 g/mol. The van der Waals surface area contributed by atoms with Crippen molar-refractivity contribution in [2.45, 2.75) is 64.9 Å². The van der Waals surface area contributed by atoms with Gasteiger partial charge in [0.1, 0.15) is 5.75 Å². The summed E-state index contributed by atoms with van der Waals surface area (Å²) in [6.45, 7) is 7.40. The molecule has 1 aromatic rings. The third-order valence-electron chi connectivity index (χ3n) is 6.26. The van der Waals surface area contributed by atoms with E-state index in [2.05, 4.69) is 24.1 Å². The molecule has 0 bridgehead atoms. The molecule has 1 amide bonds. The number of alkyl carbamates (subject to hydrolysis) is 1. The Morgan fingerprint density at radius 2 is 2.03 bits per heavy atom. The van der Waals surface area contributed by atoms with Gasteiger partial charge >= 0.3 is 12.1 Å². The summed E-state index contributed by atoms with van der Waals surface area (Å²) >= 11 is 0. The van der Waals surface area contributed by atoms with Gasteiger partial charge in [-0.2, -0.15) is 0 Å². The van der Waals surface area contributed by atoms with Gasteiger partial charge in [-0.1, -0.05) is 38.8 Å². The Labute approximate surface area is 198 Å². The van der Waals surface area contributed by atoms with Crippen molar-refractivity contribution in [3.05, 3.63) is 29.8 Å². The number of esters is 1. The van der Waals surface area contributed by atoms with E-state index in [0.29, 0.717) is 31.2 Å². The summed E-state index contributed by atoms with van der Waals surface area (Å²) in [4.78, 5) is 26.5. The first-order chi connectivity index (χ1) is 15.6. The van der Waals surface area contributed by atoms with E-state index in [1.807, 2.05) is 26.2 Å². The molecule has 1 fully saturated rings. The largest absolute Gasteiger partial charge is 0.450 e. The van der Waals surface area contributed by atoms with Crippen LogP contribution in [0.5, 0.6) is 5.75 Å². The predicted molar refractivity (Wildman–Crippen MR) is 129 cm³/mol. The Bertz CT molecular complexity index is 767. The lowest BCUT2D eigenvalue weighted by Gasteiger charge is -2.41. The number of nitrogens with one attached hydrogen (secondary N) is 1. The molecule has 0 saturated heterocycles. The van der Waals surface area contributed by atoms with E-state index >= 15 is 0 Å². The summed E-state index contributed by atoms with van der Waals surface area (Å²) in [6.07, 6.45) is 4.29. The van der Waals surface area contributed by atoms with Crippen LogP contribution >= 0.6 is 0 Å². The van der Waals surface area contributed by atoms with Crippen LogP contribution in [0.15, 0.2) is 24.3 Å². The van der Waals surface area contributed by atoms with Gasteiger partial charge in [0.25, 0.3) is 0 Å². The molecule has 0 aromatic heterocycles. The van der Waals surface area contributed by atoms with Gasteiger partial charge in [0, 0.05) is 19.0 Å². The summed E-state index contributed by atoms with van der Waals surface area (Å²) in [7, 11) is 4.05. The highest BCUT2D eigenvalue weighted by atomic mass is 16.5. The zero-order valence-electron chi connectivity index (χ0n) is 20.9. The summed E-state index contributed by atoms with van der Waals surface area (Å²) < 4.78 is 10.6. The number of amides is 1. The maximum Gasteiger partial charge on any atom is 0.407 e. The van der Waals surface area contributed by atoms with Crippen LogP contribution in [-0.4, -0.2) is 55.9 Å². The van der Waals surface area contributed by atoms with E-state index in [9.17, 15) is 14.7 Å². The van der Waals surface area contributed by atoms with E-state index in [1.54, 1.807) is 19.1 Å². The second kappa shape index (κ2) is 12.9. The molecule has 1 aliphatic rings. The molecule has 3 atom stereocenters. The fraction of sp³-hybridized carbons (Fsp3) is 0.692. The molecule has 2 rings (SSSR count). The molecule has 1 unspecified atom stereocenters. The van der Waals surface area contributed by atoms with Crippen molar-refractivity contribution in [1.82, 2.24) is 10.2 Å². The van der Waals surface area contributed by atoms with Crippen molar-refractivity contribution in [1.29, 1.82) is 0 Å². The fourth-order valence-electron chi connectivity index (χ4n) is 4.84. The van der Waals surface area contributed by atoms with Crippen LogP contribution in [-0.2, 0) is 15.1 Å². The van der Waals surface area contributed by atoms with Gasteiger partial charge in [0.05, 0.1) is 18.6 Å². The molecule has 0 heterocycles. The molecule has 0 radical (unpaired) electrons. The van der Waals surface area contributed by atoms with Crippen molar-refractivity contribution in [3.8, 4) is 5.75 Å². The first kappa shape index (κ1) is 27.1. The number of aliphatic hydroxyl groups is 1. The van der Waals surface area contributed by atoms with E-state index in [1.165, 1.54) is 0 Å².